The minimum absolute atomic E-state index is 0.153. The van der Waals surface area contributed by atoms with Crippen LogP contribution in [0.15, 0.2) is 77.7 Å². The predicted molar refractivity (Wildman–Crippen MR) is 134 cm³/mol. The average Bonchev–Trinajstić information content (AvgIpc) is 2.88. The Kier molecular flexibility index (Phi) is 7.66. The first-order valence-corrected chi connectivity index (χ1v) is 12.8. The number of carbonyl (C=O) groups is 2. The van der Waals surface area contributed by atoms with Gasteiger partial charge in [-0.25, -0.2) is 12.8 Å². The lowest BCUT2D eigenvalue weighted by Gasteiger charge is -2.28. The Labute approximate surface area is 209 Å². The monoisotopic (exact) mass is 511 g/mol. The average molecular weight is 512 g/mol. The van der Waals surface area contributed by atoms with E-state index in [1.54, 1.807) is 53.4 Å². The lowest BCUT2D eigenvalue weighted by Crippen LogP contribution is -2.41. The minimum Gasteiger partial charge on any atom is -0.378 e. The summed E-state index contributed by atoms with van der Waals surface area (Å²) in [6, 6.07) is 17.6. The van der Waals surface area contributed by atoms with Crippen LogP contribution in [0.2, 0.25) is 0 Å². The maximum Gasteiger partial charge on any atom is 0.264 e. The Hall–Kier alpha value is -3.76. The smallest absolute Gasteiger partial charge is 0.264 e. The van der Waals surface area contributed by atoms with Crippen molar-refractivity contribution in [3.05, 3.63) is 89.7 Å². The summed E-state index contributed by atoms with van der Waals surface area (Å²) in [5, 5.41) is 2.69. The lowest BCUT2D eigenvalue weighted by molar-refractivity contribution is -0.114. The van der Waals surface area contributed by atoms with E-state index >= 15 is 0 Å². The number of amides is 2. The number of hydrogen-bond donors (Lipinski definition) is 1. The molecule has 4 rings (SSSR count). The third kappa shape index (κ3) is 5.72. The Balaban J connectivity index is 1.61. The highest BCUT2D eigenvalue weighted by Gasteiger charge is 2.28. The Morgan fingerprint density at radius 1 is 0.972 bits per heavy atom. The van der Waals surface area contributed by atoms with E-state index < -0.39 is 28.3 Å². The molecule has 3 aromatic rings. The van der Waals surface area contributed by atoms with E-state index in [0.717, 1.165) is 34.1 Å². The van der Waals surface area contributed by atoms with Crippen LogP contribution in [0.3, 0.4) is 0 Å². The number of morpholine rings is 1. The zero-order valence-electron chi connectivity index (χ0n) is 19.7. The third-order valence-electron chi connectivity index (χ3n) is 5.74. The second-order valence-corrected chi connectivity index (χ2v) is 10.2. The molecular weight excluding hydrogens is 485 g/mol. The molecule has 3 aromatic carbocycles. The largest absolute Gasteiger partial charge is 0.378 e. The highest BCUT2D eigenvalue weighted by Crippen LogP contribution is 2.25. The second kappa shape index (κ2) is 10.9. The molecule has 36 heavy (non-hydrogen) atoms. The molecule has 1 heterocycles. The van der Waals surface area contributed by atoms with Gasteiger partial charge in [-0.2, -0.15) is 0 Å². The summed E-state index contributed by atoms with van der Waals surface area (Å²) < 4.78 is 46.6. The van der Waals surface area contributed by atoms with Crippen LogP contribution in [-0.2, 0) is 19.6 Å². The summed E-state index contributed by atoms with van der Waals surface area (Å²) in [6.07, 6.45) is 0. The van der Waals surface area contributed by atoms with Gasteiger partial charge in [0.15, 0.2) is 0 Å². The third-order valence-corrected chi connectivity index (χ3v) is 7.53. The maximum absolute atomic E-state index is 13.4. The van der Waals surface area contributed by atoms with E-state index in [4.69, 9.17) is 4.74 Å². The normalized spacial score (nSPS) is 13.8. The molecule has 0 atom stereocenters. The predicted octanol–water partition coefficient (Wildman–Crippen LogP) is 3.44. The molecule has 0 radical (unpaired) electrons. The number of ether oxygens (including phenoxy) is 1. The van der Waals surface area contributed by atoms with Crippen LogP contribution in [0, 0.1) is 12.7 Å². The van der Waals surface area contributed by atoms with Gasteiger partial charge in [-0.3, -0.25) is 13.9 Å². The molecule has 0 aromatic heterocycles. The Morgan fingerprint density at radius 2 is 1.61 bits per heavy atom. The molecule has 0 aliphatic carbocycles. The van der Waals surface area contributed by atoms with Crippen LogP contribution in [0.25, 0.3) is 0 Å². The summed E-state index contributed by atoms with van der Waals surface area (Å²) in [5.74, 6) is -1.46. The fourth-order valence-electron chi connectivity index (χ4n) is 3.80. The maximum atomic E-state index is 13.4. The van der Waals surface area contributed by atoms with Crippen LogP contribution in [0.1, 0.15) is 15.9 Å². The van der Waals surface area contributed by atoms with E-state index in [9.17, 15) is 22.4 Å². The van der Waals surface area contributed by atoms with E-state index in [2.05, 4.69) is 5.32 Å². The standard InChI is InChI=1S/C26H26FN3O5S/c1-19-6-10-21(11-7-19)30(36(33,34)22-12-8-20(27)9-13-22)18-25(31)28-24-5-3-2-4-23(24)26(32)29-14-16-35-17-15-29/h2-13H,14-18H2,1H3,(H,28,31). The highest BCUT2D eigenvalue weighted by molar-refractivity contribution is 7.92. The van der Waals surface area contributed by atoms with Crippen molar-refractivity contribution in [3.8, 4) is 0 Å². The van der Waals surface area contributed by atoms with Gasteiger partial charge in [-0.1, -0.05) is 29.8 Å². The number of aryl methyl sites for hydroxylation is 1. The fraction of sp³-hybridized carbons (Fsp3) is 0.231. The number of halogens is 1. The second-order valence-electron chi connectivity index (χ2n) is 8.30. The number of benzene rings is 3. The van der Waals surface area contributed by atoms with Gasteiger partial charge in [0.1, 0.15) is 12.4 Å². The molecule has 0 saturated carbocycles. The summed E-state index contributed by atoms with van der Waals surface area (Å²) in [6.45, 7) is 3.07. The van der Waals surface area contributed by atoms with Crippen molar-refractivity contribution in [3.63, 3.8) is 0 Å². The van der Waals surface area contributed by atoms with Gasteiger partial charge in [0.05, 0.1) is 35.0 Å². The van der Waals surface area contributed by atoms with Crippen molar-refractivity contribution < 1.29 is 27.1 Å². The van der Waals surface area contributed by atoms with Gasteiger partial charge < -0.3 is 15.0 Å². The van der Waals surface area contributed by atoms with Gasteiger partial charge in [-0.15, -0.1) is 0 Å². The molecule has 188 valence electrons. The Morgan fingerprint density at radius 3 is 2.28 bits per heavy atom. The van der Waals surface area contributed by atoms with E-state index in [1.807, 2.05) is 6.92 Å². The van der Waals surface area contributed by atoms with Crippen LogP contribution in [0.5, 0.6) is 0 Å². The van der Waals surface area contributed by atoms with Crippen molar-refractivity contribution in [1.82, 2.24) is 4.90 Å². The first-order valence-electron chi connectivity index (χ1n) is 11.4. The number of anilines is 2. The SMILES string of the molecule is Cc1ccc(N(CC(=O)Nc2ccccc2C(=O)N2CCOCC2)S(=O)(=O)c2ccc(F)cc2)cc1. The topological polar surface area (TPSA) is 96.0 Å². The van der Waals surface area contributed by atoms with Crippen molar-refractivity contribution in [2.24, 2.45) is 0 Å². The molecule has 2 amide bonds. The zero-order chi connectivity index (χ0) is 25.7. The summed E-state index contributed by atoms with van der Waals surface area (Å²) >= 11 is 0. The number of sulfonamides is 1. The Bertz CT molecular complexity index is 1340. The van der Waals surface area contributed by atoms with Crippen molar-refractivity contribution in [1.29, 1.82) is 0 Å². The molecule has 1 aliphatic rings. The van der Waals surface area contributed by atoms with Crippen molar-refractivity contribution in [2.75, 3.05) is 42.5 Å². The van der Waals surface area contributed by atoms with Crippen LogP contribution in [-0.4, -0.2) is 58.0 Å². The first kappa shape index (κ1) is 25.3. The van der Waals surface area contributed by atoms with E-state index in [1.165, 1.54) is 0 Å². The highest BCUT2D eigenvalue weighted by atomic mass is 32.2. The molecule has 0 spiro atoms. The summed E-state index contributed by atoms with van der Waals surface area (Å²) in [4.78, 5) is 27.6. The van der Waals surface area contributed by atoms with Crippen molar-refractivity contribution >= 4 is 33.2 Å². The summed E-state index contributed by atoms with van der Waals surface area (Å²) in [7, 11) is -4.20. The van der Waals surface area contributed by atoms with Crippen molar-refractivity contribution in [2.45, 2.75) is 11.8 Å². The molecular formula is C26H26FN3O5S. The van der Waals surface area contributed by atoms with Crippen LogP contribution < -0.4 is 9.62 Å². The van der Waals surface area contributed by atoms with E-state index in [0.29, 0.717) is 31.9 Å². The number of nitrogens with one attached hydrogen (secondary N) is 1. The van der Waals surface area contributed by atoms with Gasteiger partial charge in [0.2, 0.25) is 5.91 Å². The minimum atomic E-state index is -4.20. The van der Waals surface area contributed by atoms with Gasteiger partial charge in [-0.05, 0) is 55.5 Å². The van der Waals surface area contributed by atoms with Crippen LogP contribution >= 0.6 is 0 Å². The fourth-order valence-corrected chi connectivity index (χ4v) is 5.22. The van der Waals surface area contributed by atoms with Gasteiger partial charge in [0, 0.05) is 13.1 Å². The molecule has 8 nitrogen and oxygen atoms in total. The quantitative estimate of drug-likeness (QED) is 0.524. The van der Waals surface area contributed by atoms with E-state index in [-0.39, 0.29) is 22.2 Å². The molecule has 1 aliphatic heterocycles. The number of carbonyl (C=O) groups excluding carboxylic acids is 2. The molecule has 0 unspecified atom stereocenters. The molecule has 1 N–H and O–H groups in total. The molecule has 10 heteroatoms. The first-order chi connectivity index (χ1) is 17.3. The number of nitrogens with zero attached hydrogens (tertiary/aromatic N) is 2. The molecule has 1 fully saturated rings. The lowest BCUT2D eigenvalue weighted by atomic mass is 10.1. The summed E-state index contributed by atoms with van der Waals surface area (Å²) in [5.41, 5.74) is 1.77. The van der Waals surface area contributed by atoms with Crippen LogP contribution in [0.4, 0.5) is 15.8 Å². The molecule has 0 bridgehead atoms. The zero-order valence-corrected chi connectivity index (χ0v) is 20.5. The number of para-hydroxylation sites is 1. The van der Waals surface area contributed by atoms with Gasteiger partial charge in [0.25, 0.3) is 15.9 Å². The molecule has 1 saturated heterocycles. The number of rotatable bonds is 7. The number of hydrogen-bond acceptors (Lipinski definition) is 5. The van der Waals surface area contributed by atoms with Gasteiger partial charge >= 0.3 is 0 Å².